The number of imidazole rings is 1. The summed E-state index contributed by atoms with van der Waals surface area (Å²) in [6.07, 6.45) is 4.19. The van der Waals surface area contributed by atoms with E-state index in [-0.39, 0.29) is 10.6 Å². The van der Waals surface area contributed by atoms with Gasteiger partial charge in [0, 0.05) is 30.0 Å². The predicted octanol–water partition coefficient (Wildman–Crippen LogP) is 6.32. The van der Waals surface area contributed by atoms with Gasteiger partial charge in [-0.1, -0.05) is 35.9 Å². The van der Waals surface area contributed by atoms with Crippen molar-refractivity contribution in [2.24, 2.45) is 0 Å². The van der Waals surface area contributed by atoms with Gasteiger partial charge in [-0.05, 0) is 67.8 Å². The first-order chi connectivity index (χ1) is 16.7. The van der Waals surface area contributed by atoms with Crippen LogP contribution >= 0.6 is 11.6 Å². The van der Waals surface area contributed by atoms with Gasteiger partial charge in [-0.15, -0.1) is 0 Å². The van der Waals surface area contributed by atoms with E-state index in [0.717, 1.165) is 33.9 Å². The maximum atomic E-state index is 15.0. The molecule has 0 N–H and O–H groups in total. The van der Waals surface area contributed by atoms with E-state index in [0.29, 0.717) is 23.6 Å². The Morgan fingerprint density at radius 1 is 1.06 bits per heavy atom. The second-order valence-electron chi connectivity index (χ2n) is 8.14. The van der Waals surface area contributed by atoms with Crippen LogP contribution in [0.1, 0.15) is 29.9 Å². The Kier molecular flexibility index (Phi) is 7.23. The van der Waals surface area contributed by atoms with Crippen molar-refractivity contribution in [3.8, 4) is 0 Å². The Morgan fingerprint density at radius 3 is 2.46 bits per heavy atom. The van der Waals surface area contributed by atoms with Gasteiger partial charge < -0.3 is 4.57 Å². The van der Waals surface area contributed by atoms with Crippen LogP contribution in [0.25, 0.3) is 0 Å². The average molecular weight is 516 g/mol. The molecule has 4 rings (SSSR count). The summed E-state index contributed by atoms with van der Waals surface area (Å²) in [5, 5.41) is 0.362. The molecule has 0 bridgehead atoms. The van der Waals surface area contributed by atoms with E-state index in [4.69, 9.17) is 11.6 Å². The zero-order valence-electron chi connectivity index (χ0n) is 19.2. The molecule has 0 amide bonds. The maximum Gasteiger partial charge on any atom is 0.264 e. The summed E-state index contributed by atoms with van der Waals surface area (Å²) in [5.74, 6) is -0.722. The van der Waals surface area contributed by atoms with Crippen LogP contribution in [0, 0.1) is 18.6 Å². The van der Waals surface area contributed by atoms with E-state index in [9.17, 15) is 17.2 Å². The fourth-order valence-electron chi connectivity index (χ4n) is 4.10. The Morgan fingerprint density at radius 2 is 1.77 bits per heavy atom. The van der Waals surface area contributed by atoms with Gasteiger partial charge in [0.2, 0.25) is 0 Å². The molecular weight excluding hydrogens is 492 g/mol. The van der Waals surface area contributed by atoms with Gasteiger partial charge >= 0.3 is 0 Å². The Hall–Kier alpha value is -3.23. The summed E-state index contributed by atoms with van der Waals surface area (Å²) in [7, 11) is -4.29. The van der Waals surface area contributed by atoms with Gasteiger partial charge in [-0.2, -0.15) is 0 Å². The fraction of sp³-hybridized carbons (Fsp3) is 0.192. The number of aromatic nitrogens is 2. The summed E-state index contributed by atoms with van der Waals surface area (Å²) in [5.41, 5.74) is 1.21. The summed E-state index contributed by atoms with van der Waals surface area (Å²) in [6.45, 7) is 4.20. The molecule has 0 unspecified atom stereocenters. The SMILES string of the molecule is Cc1nccn1CCc1ccccc1[C@@H](C)N(c1cc(F)ccc1F)S(=O)(=O)c1ccc(Cl)cc1. The molecule has 35 heavy (non-hydrogen) atoms. The van der Waals surface area contributed by atoms with Gasteiger partial charge in [0.1, 0.15) is 17.5 Å². The highest BCUT2D eigenvalue weighted by molar-refractivity contribution is 7.92. The molecule has 182 valence electrons. The van der Waals surface area contributed by atoms with E-state index in [1.54, 1.807) is 19.2 Å². The van der Waals surface area contributed by atoms with E-state index in [1.807, 2.05) is 35.9 Å². The zero-order valence-corrected chi connectivity index (χ0v) is 20.8. The van der Waals surface area contributed by atoms with Crippen molar-refractivity contribution in [1.82, 2.24) is 9.55 Å². The number of halogens is 3. The van der Waals surface area contributed by atoms with Crippen molar-refractivity contribution in [3.05, 3.63) is 113 Å². The number of sulfonamides is 1. The monoisotopic (exact) mass is 515 g/mol. The topological polar surface area (TPSA) is 55.2 Å². The van der Waals surface area contributed by atoms with Crippen LogP contribution < -0.4 is 4.31 Å². The average Bonchev–Trinajstić information content (AvgIpc) is 3.25. The molecule has 9 heteroatoms. The second kappa shape index (κ2) is 10.2. The lowest BCUT2D eigenvalue weighted by atomic mass is 9.98. The lowest BCUT2D eigenvalue weighted by molar-refractivity contribution is 0.569. The van der Waals surface area contributed by atoms with E-state index in [2.05, 4.69) is 4.98 Å². The Labute approximate surface area is 208 Å². The van der Waals surface area contributed by atoms with Crippen LogP contribution in [0.2, 0.25) is 5.02 Å². The Bertz CT molecular complexity index is 1440. The standard InChI is InChI=1S/C26H24ClF2N3O2S/c1-18(24-6-4-3-5-20(24)13-15-31-16-14-30-19(31)2)32(26-17-22(28)9-12-25(26)29)35(33,34)23-10-7-21(27)8-11-23/h3-12,14,16-18H,13,15H2,1-2H3/t18-/m1/s1. The molecule has 0 radical (unpaired) electrons. The third kappa shape index (κ3) is 5.23. The summed E-state index contributed by atoms with van der Waals surface area (Å²) in [6, 6.07) is 14.9. The number of hydrogen-bond acceptors (Lipinski definition) is 3. The molecule has 0 aliphatic heterocycles. The van der Waals surface area contributed by atoms with Crippen molar-refractivity contribution in [2.45, 2.75) is 37.8 Å². The lowest BCUT2D eigenvalue weighted by Gasteiger charge is -2.32. The van der Waals surface area contributed by atoms with Crippen LogP contribution in [0.3, 0.4) is 0 Å². The number of nitrogens with zero attached hydrogens (tertiary/aromatic N) is 3. The van der Waals surface area contributed by atoms with Crippen LogP contribution in [0.5, 0.6) is 0 Å². The molecule has 3 aromatic carbocycles. The van der Waals surface area contributed by atoms with Crippen LogP contribution in [0.15, 0.2) is 84.0 Å². The first-order valence-corrected chi connectivity index (χ1v) is 12.8. The molecule has 0 aliphatic rings. The lowest BCUT2D eigenvalue weighted by Crippen LogP contribution is -2.35. The van der Waals surface area contributed by atoms with Crippen molar-refractivity contribution in [1.29, 1.82) is 0 Å². The van der Waals surface area contributed by atoms with Gasteiger partial charge in [0.15, 0.2) is 0 Å². The Balaban J connectivity index is 1.81. The first-order valence-electron chi connectivity index (χ1n) is 11.0. The molecule has 1 atom stereocenters. The highest BCUT2D eigenvalue weighted by Crippen LogP contribution is 2.36. The minimum atomic E-state index is -4.29. The minimum absolute atomic E-state index is 0.0797. The van der Waals surface area contributed by atoms with Crippen LogP contribution in [-0.2, 0) is 23.0 Å². The van der Waals surface area contributed by atoms with Gasteiger partial charge in [-0.25, -0.2) is 22.2 Å². The molecule has 4 aromatic rings. The normalized spacial score (nSPS) is 12.5. The number of anilines is 1. The predicted molar refractivity (Wildman–Crippen MR) is 133 cm³/mol. The highest BCUT2D eigenvalue weighted by atomic mass is 35.5. The highest BCUT2D eigenvalue weighted by Gasteiger charge is 2.33. The fourth-order valence-corrected chi connectivity index (χ4v) is 5.86. The first kappa shape index (κ1) is 24.9. The number of hydrogen-bond donors (Lipinski definition) is 0. The quantitative estimate of drug-likeness (QED) is 0.276. The van der Waals surface area contributed by atoms with Crippen molar-refractivity contribution < 1.29 is 17.2 Å². The second-order valence-corrected chi connectivity index (χ2v) is 10.4. The van der Waals surface area contributed by atoms with Crippen LogP contribution in [0.4, 0.5) is 14.5 Å². The van der Waals surface area contributed by atoms with E-state index in [1.165, 1.54) is 24.3 Å². The van der Waals surface area contributed by atoms with Crippen molar-refractivity contribution in [3.63, 3.8) is 0 Å². The molecule has 0 spiro atoms. The third-order valence-electron chi connectivity index (χ3n) is 5.92. The van der Waals surface area contributed by atoms with E-state index < -0.39 is 27.7 Å². The number of rotatable bonds is 8. The smallest absolute Gasteiger partial charge is 0.264 e. The van der Waals surface area contributed by atoms with E-state index >= 15 is 0 Å². The summed E-state index contributed by atoms with van der Waals surface area (Å²) >= 11 is 5.95. The molecular formula is C26H24ClF2N3O2S. The zero-order chi connectivity index (χ0) is 25.2. The number of benzene rings is 3. The van der Waals surface area contributed by atoms with Crippen molar-refractivity contribution >= 4 is 27.3 Å². The molecule has 0 saturated heterocycles. The van der Waals surface area contributed by atoms with Gasteiger partial charge in [0.25, 0.3) is 10.0 Å². The third-order valence-corrected chi connectivity index (χ3v) is 8.07. The van der Waals surface area contributed by atoms with Gasteiger partial charge in [0.05, 0.1) is 16.6 Å². The van der Waals surface area contributed by atoms with Gasteiger partial charge in [-0.3, -0.25) is 4.31 Å². The summed E-state index contributed by atoms with van der Waals surface area (Å²) < 4.78 is 59.7. The van der Waals surface area contributed by atoms with Crippen molar-refractivity contribution in [2.75, 3.05) is 4.31 Å². The maximum absolute atomic E-state index is 15.0. The summed E-state index contributed by atoms with van der Waals surface area (Å²) in [4.78, 5) is 4.15. The molecule has 0 saturated carbocycles. The molecule has 5 nitrogen and oxygen atoms in total. The van der Waals surface area contributed by atoms with Crippen LogP contribution in [-0.4, -0.2) is 18.0 Å². The molecule has 0 aliphatic carbocycles. The minimum Gasteiger partial charge on any atom is -0.335 e. The molecule has 1 aromatic heterocycles. The molecule has 0 fully saturated rings. The molecule has 1 heterocycles. The number of aryl methyl sites for hydroxylation is 3. The largest absolute Gasteiger partial charge is 0.335 e.